The summed E-state index contributed by atoms with van der Waals surface area (Å²) in [4.78, 5) is 12.0. The summed E-state index contributed by atoms with van der Waals surface area (Å²) in [5.74, 6) is -0.0928. The largest absolute Gasteiger partial charge is 0.364 e. The second-order valence-corrected chi connectivity index (χ2v) is 5.14. The van der Waals surface area contributed by atoms with Gasteiger partial charge in [0, 0.05) is 18.3 Å². The lowest BCUT2D eigenvalue weighted by Gasteiger charge is -2.29. The van der Waals surface area contributed by atoms with E-state index >= 15 is 0 Å². The van der Waals surface area contributed by atoms with Crippen LogP contribution in [-0.2, 0) is 9.53 Å². The molecule has 0 bridgehead atoms. The minimum atomic E-state index is -0.430. The number of rotatable bonds is 4. The maximum atomic E-state index is 12.0. The number of carbonyl (C=O) groups excluding carboxylic acids is 1. The molecular formula is C15H22N2O2. The topological polar surface area (TPSA) is 50.4 Å². The third kappa shape index (κ3) is 4.33. The predicted octanol–water partition coefficient (Wildman–Crippen LogP) is 2.17. The number of nitrogens with one attached hydrogen (secondary N) is 2. The van der Waals surface area contributed by atoms with Crippen molar-refractivity contribution in [3.05, 3.63) is 30.3 Å². The second-order valence-electron chi connectivity index (χ2n) is 5.14. The van der Waals surface area contributed by atoms with Gasteiger partial charge in [0.15, 0.2) is 0 Å². The van der Waals surface area contributed by atoms with Gasteiger partial charge < -0.3 is 15.4 Å². The minimum Gasteiger partial charge on any atom is -0.364 e. The first kappa shape index (κ1) is 14.0. The maximum Gasteiger partial charge on any atom is 0.253 e. The van der Waals surface area contributed by atoms with E-state index in [1.807, 2.05) is 30.3 Å². The molecule has 1 aliphatic heterocycles. The molecule has 4 nitrogen and oxygen atoms in total. The summed E-state index contributed by atoms with van der Waals surface area (Å²) in [6, 6.07) is 10.0. The summed E-state index contributed by atoms with van der Waals surface area (Å²) in [7, 11) is 0. The Balaban J connectivity index is 1.79. The first-order valence-corrected chi connectivity index (χ1v) is 6.90. The van der Waals surface area contributed by atoms with Gasteiger partial charge in [0.2, 0.25) is 0 Å². The zero-order chi connectivity index (χ0) is 13.7. The zero-order valence-electron chi connectivity index (χ0n) is 11.6. The molecule has 1 fully saturated rings. The summed E-state index contributed by atoms with van der Waals surface area (Å²) in [5, 5.41) is 6.23. The van der Waals surface area contributed by atoms with Crippen molar-refractivity contribution >= 4 is 11.6 Å². The number of anilines is 1. The zero-order valence-corrected chi connectivity index (χ0v) is 11.6. The molecule has 19 heavy (non-hydrogen) atoms. The highest BCUT2D eigenvalue weighted by molar-refractivity contribution is 5.93. The van der Waals surface area contributed by atoms with Gasteiger partial charge in [-0.05, 0) is 38.8 Å². The number of benzene rings is 1. The van der Waals surface area contributed by atoms with Gasteiger partial charge in [0.05, 0.1) is 6.10 Å². The molecule has 0 saturated carbocycles. The normalized spacial score (nSPS) is 24.7. The lowest BCUT2D eigenvalue weighted by Crippen LogP contribution is -2.43. The fraction of sp³-hybridized carbons (Fsp3) is 0.533. The Bertz CT molecular complexity index is 400. The maximum absolute atomic E-state index is 12.0. The van der Waals surface area contributed by atoms with E-state index in [1.54, 1.807) is 6.92 Å². The van der Waals surface area contributed by atoms with Gasteiger partial charge in [-0.3, -0.25) is 4.79 Å². The molecule has 2 N–H and O–H groups in total. The van der Waals surface area contributed by atoms with Gasteiger partial charge in [0.25, 0.3) is 5.91 Å². The van der Waals surface area contributed by atoms with Crippen LogP contribution in [0.2, 0.25) is 0 Å². The van der Waals surface area contributed by atoms with Gasteiger partial charge in [-0.25, -0.2) is 0 Å². The van der Waals surface area contributed by atoms with Crippen molar-refractivity contribution in [1.82, 2.24) is 5.32 Å². The fourth-order valence-electron chi connectivity index (χ4n) is 2.20. The first-order valence-electron chi connectivity index (χ1n) is 6.90. The van der Waals surface area contributed by atoms with Crippen LogP contribution in [-0.4, -0.2) is 30.7 Å². The SMILES string of the molecule is CC1CCC(OC(C)C(=O)Nc2ccccc2)CN1. The lowest BCUT2D eigenvalue weighted by atomic mass is 10.0. The average molecular weight is 262 g/mol. The summed E-state index contributed by atoms with van der Waals surface area (Å²) >= 11 is 0. The number of hydrogen-bond donors (Lipinski definition) is 2. The van der Waals surface area contributed by atoms with Crippen LogP contribution in [0, 0.1) is 0 Å². The van der Waals surface area contributed by atoms with Crippen molar-refractivity contribution in [3.63, 3.8) is 0 Å². The van der Waals surface area contributed by atoms with Crippen LogP contribution in [0.3, 0.4) is 0 Å². The van der Waals surface area contributed by atoms with Gasteiger partial charge in [-0.2, -0.15) is 0 Å². The summed E-state index contributed by atoms with van der Waals surface area (Å²) in [6.45, 7) is 4.79. The molecule has 1 amide bonds. The molecule has 0 radical (unpaired) electrons. The van der Waals surface area contributed by atoms with Gasteiger partial charge in [0.1, 0.15) is 6.10 Å². The van der Waals surface area contributed by atoms with Gasteiger partial charge in [-0.15, -0.1) is 0 Å². The molecule has 1 saturated heterocycles. The third-order valence-electron chi connectivity index (χ3n) is 3.42. The Kier molecular flexibility index (Phi) is 4.93. The van der Waals surface area contributed by atoms with Crippen LogP contribution in [0.5, 0.6) is 0 Å². The molecule has 104 valence electrons. The predicted molar refractivity (Wildman–Crippen MR) is 76.1 cm³/mol. The van der Waals surface area contributed by atoms with Crippen molar-refractivity contribution < 1.29 is 9.53 Å². The molecule has 1 aromatic rings. The molecule has 0 spiro atoms. The molecule has 0 aliphatic carbocycles. The molecule has 2 rings (SSSR count). The Labute approximate surface area is 114 Å². The molecule has 3 atom stereocenters. The molecule has 0 aromatic heterocycles. The molecule has 1 aliphatic rings. The molecule has 3 unspecified atom stereocenters. The second kappa shape index (κ2) is 6.68. The van der Waals surface area contributed by atoms with Crippen molar-refractivity contribution in [3.8, 4) is 0 Å². The smallest absolute Gasteiger partial charge is 0.253 e. The molecular weight excluding hydrogens is 240 g/mol. The van der Waals surface area contributed by atoms with Crippen molar-refractivity contribution in [2.24, 2.45) is 0 Å². The molecule has 4 heteroatoms. The number of ether oxygens (including phenoxy) is 1. The van der Waals surface area contributed by atoms with E-state index in [1.165, 1.54) is 0 Å². The number of amides is 1. The number of piperidine rings is 1. The van der Waals surface area contributed by atoms with Gasteiger partial charge in [-0.1, -0.05) is 18.2 Å². The highest BCUT2D eigenvalue weighted by Crippen LogP contribution is 2.14. The average Bonchev–Trinajstić information content (AvgIpc) is 2.42. The first-order chi connectivity index (χ1) is 9.15. The fourth-order valence-corrected chi connectivity index (χ4v) is 2.20. The Hall–Kier alpha value is -1.39. The van der Waals surface area contributed by atoms with Gasteiger partial charge >= 0.3 is 0 Å². The van der Waals surface area contributed by atoms with E-state index in [2.05, 4.69) is 17.6 Å². The van der Waals surface area contributed by atoms with E-state index in [0.717, 1.165) is 25.1 Å². The number of para-hydroxylation sites is 1. The van der Waals surface area contributed by atoms with Crippen molar-refractivity contribution in [2.75, 3.05) is 11.9 Å². The van der Waals surface area contributed by atoms with Crippen LogP contribution >= 0.6 is 0 Å². The summed E-state index contributed by atoms with van der Waals surface area (Å²) in [5.41, 5.74) is 0.804. The highest BCUT2D eigenvalue weighted by atomic mass is 16.5. The van der Waals surface area contributed by atoms with E-state index in [-0.39, 0.29) is 12.0 Å². The lowest BCUT2D eigenvalue weighted by molar-refractivity contribution is -0.130. The van der Waals surface area contributed by atoms with E-state index < -0.39 is 6.10 Å². The van der Waals surface area contributed by atoms with E-state index in [4.69, 9.17) is 4.74 Å². The molecule has 1 heterocycles. The summed E-state index contributed by atoms with van der Waals surface area (Å²) < 4.78 is 5.80. The third-order valence-corrected chi connectivity index (χ3v) is 3.42. The Morgan fingerprint density at radius 3 is 2.74 bits per heavy atom. The Morgan fingerprint density at radius 2 is 2.11 bits per heavy atom. The van der Waals surface area contributed by atoms with E-state index in [9.17, 15) is 4.79 Å². The number of carbonyl (C=O) groups is 1. The number of hydrogen-bond acceptors (Lipinski definition) is 3. The quantitative estimate of drug-likeness (QED) is 0.874. The minimum absolute atomic E-state index is 0.0928. The van der Waals surface area contributed by atoms with Crippen LogP contribution in [0.15, 0.2) is 30.3 Å². The van der Waals surface area contributed by atoms with Crippen molar-refractivity contribution in [2.45, 2.75) is 44.9 Å². The highest BCUT2D eigenvalue weighted by Gasteiger charge is 2.23. The standard InChI is InChI=1S/C15H22N2O2/c1-11-8-9-14(10-16-11)19-12(2)15(18)17-13-6-4-3-5-7-13/h3-7,11-12,14,16H,8-10H2,1-2H3,(H,17,18). The summed E-state index contributed by atoms with van der Waals surface area (Å²) in [6.07, 6.45) is 1.81. The van der Waals surface area contributed by atoms with Crippen LogP contribution in [0.1, 0.15) is 26.7 Å². The monoisotopic (exact) mass is 262 g/mol. The van der Waals surface area contributed by atoms with Crippen LogP contribution in [0.25, 0.3) is 0 Å². The van der Waals surface area contributed by atoms with Crippen molar-refractivity contribution in [1.29, 1.82) is 0 Å². The van der Waals surface area contributed by atoms with Crippen LogP contribution < -0.4 is 10.6 Å². The van der Waals surface area contributed by atoms with E-state index in [0.29, 0.717) is 6.04 Å². The Morgan fingerprint density at radius 1 is 1.37 bits per heavy atom. The molecule has 1 aromatic carbocycles. The van der Waals surface area contributed by atoms with Crippen LogP contribution in [0.4, 0.5) is 5.69 Å².